The van der Waals surface area contributed by atoms with Gasteiger partial charge in [0.05, 0.1) is 24.8 Å². The molecule has 7 rings (SSSR count). The van der Waals surface area contributed by atoms with E-state index in [9.17, 15) is 0 Å². The molecule has 1 atom stereocenters. The highest BCUT2D eigenvalue weighted by atomic mass is 35.5. The average molecular weight is 555 g/mol. The minimum atomic E-state index is -0.276. The van der Waals surface area contributed by atoms with Gasteiger partial charge >= 0.3 is 0 Å². The number of hydrogen-bond acceptors (Lipinski definition) is 6. The predicted molar refractivity (Wildman–Crippen MR) is 151 cm³/mol. The highest BCUT2D eigenvalue weighted by Gasteiger charge is 2.35. The number of hydrogen-bond donors (Lipinski definition) is 0. The molecule has 0 N–H and O–H groups in total. The molecule has 0 bridgehead atoms. The molecule has 3 heterocycles. The second kappa shape index (κ2) is 9.15. The van der Waals surface area contributed by atoms with Crippen molar-refractivity contribution in [2.75, 3.05) is 14.2 Å². The SMILES string of the molecule is COc1ccc(C2c3ccc4ccccc4c3Oc3ncn4nc(-c5ccc(Cl)cc5Cl)nc4c32)cc1OC. The van der Waals surface area contributed by atoms with E-state index in [-0.39, 0.29) is 5.92 Å². The summed E-state index contributed by atoms with van der Waals surface area (Å²) in [6.07, 6.45) is 1.61. The monoisotopic (exact) mass is 554 g/mol. The van der Waals surface area contributed by atoms with Gasteiger partial charge in [0.25, 0.3) is 0 Å². The first-order valence-electron chi connectivity index (χ1n) is 12.2. The van der Waals surface area contributed by atoms with Gasteiger partial charge < -0.3 is 14.2 Å². The molecule has 6 aromatic rings. The summed E-state index contributed by atoms with van der Waals surface area (Å²) in [5.74, 6) is 2.68. The van der Waals surface area contributed by atoms with Crippen LogP contribution in [0.1, 0.15) is 22.6 Å². The second-order valence-corrected chi connectivity index (χ2v) is 9.99. The van der Waals surface area contributed by atoms with Gasteiger partial charge in [0.15, 0.2) is 23.0 Å². The Kier molecular flexibility index (Phi) is 5.58. The Morgan fingerprint density at radius 2 is 1.74 bits per heavy atom. The summed E-state index contributed by atoms with van der Waals surface area (Å²) in [6.45, 7) is 0. The van der Waals surface area contributed by atoms with Crippen molar-refractivity contribution in [3.8, 4) is 34.5 Å². The van der Waals surface area contributed by atoms with Crippen molar-refractivity contribution in [1.29, 1.82) is 0 Å². The first kappa shape index (κ1) is 23.8. The third kappa shape index (κ3) is 3.77. The van der Waals surface area contributed by atoms with Crippen molar-refractivity contribution in [3.63, 3.8) is 0 Å². The molecule has 0 saturated heterocycles. The summed E-state index contributed by atoms with van der Waals surface area (Å²) in [4.78, 5) is 9.60. The molecular weight excluding hydrogens is 535 g/mol. The van der Waals surface area contributed by atoms with Crippen molar-refractivity contribution in [2.45, 2.75) is 5.92 Å². The number of benzene rings is 4. The van der Waals surface area contributed by atoms with Gasteiger partial charge in [-0.3, -0.25) is 0 Å². The number of fused-ring (bicyclic) bond motifs is 6. The minimum absolute atomic E-state index is 0.276. The normalized spacial score (nSPS) is 14.1. The summed E-state index contributed by atoms with van der Waals surface area (Å²) < 4.78 is 19.3. The van der Waals surface area contributed by atoms with Crippen LogP contribution in [0.15, 0.2) is 79.1 Å². The first-order valence-corrected chi connectivity index (χ1v) is 12.9. The Morgan fingerprint density at radius 1 is 0.897 bits per heavy atom. The maximum absolute atomic E-state index is 6.51. The van der Waals surface area contributed by atoms with Gasteiger partial charge in [-0.25, -0.2) is 14.5 Å². The first-order chi connectivity index (χ1) is 19.1. The Balaban J connectivity index is 1.51. The van der Waals surface area contributed by atoms with Crippen LogP contribution in [0.4, 0.5) is 0 Å². The fourth-order valence-corrected chi connectivity index (χ4v) is 5.70. The molecule has 0 aliphatic carbocycles. The van der Waals surface area contributed by atoms with Crippen molar-refractivity contribution in [2.24, 2.45) is 0 Å². The zero-order valence-electron chi connectivity index (χ0n) is 20.9. The van der Waals surface area contributed by atoms with Gasteiger partial charge in [-0.1, -0.05) is 65.7 Å². The molecule has 1 aliphatic rings. The third-order valence-corrected chi connectivity index (χ3v) is 7.56. The van der Waals surface area contributed by atoms with Crippen LogP contribution in [-0.2, 0) is 0 Å². The summed E-state index contributed by atoms with van der Waals surface area (Å²) in [6, 6.07) is 23.5. The molecule has 192 valence electrons. The largest absolute Gasteiger partial charge is 0.493 e. The quantitative estimate of drug-likeness (QED) is 0.223. The number of aromatic nitrogens is 4. The lowest BCUT2D eigenvalue weighted by molar-refractivity contribution is 0.354. The van der Waals surface area contributed by atoms with E-state index in [4.69, 9.17) is 47.5 Å². The topological polar surface area (TPSA) is 70.8 Å². The molecule has 39 heavy (non-hydrogen) atoms. The lowest BCUT2D eigenvalue weighted by atomic mass is 9.82. The van der Waals surface area contributed by atoms with Crippen LogP contribution in [-0.4, -0.2) is 33.8 Å². The lowest BCUT2D eigenvalue weighted by Crippen LogP contribution is -2.15. The van der Waals surface area contributed by atoms with Crippen LogP contribution in [0.2, 0.25) is 10.0 Å². The highest BCUT2D eigenvalue weighted by Crippen LogP contribution is 2.51. The molecule has 0 amide bonds. The molecule has 9 heteroatoms. The van der Waals surface area contributed by atoms with E-state index in [0.29, 0.717) is 44.5 Å². The van der Waals surface area contributed by atoms with Gasteiger partial charge in [-0.2, -0.15) is 0 Å². The van der Waals surface area contributed by atoms with Gasteiger partial charge in [-0.15, -0.1) is 5.10 Å². The summed E-state index contributed by atoms with van der Waals surface area (Å²) in [5.41, 5.74) is 4.02. The second-order valence-electron chi connectivity index (χ2n) is 9.15. The van der Waals surface area contributed by atoms with E-state index in [1.807, 2.05) is 36.4 Å². The molecule has 4 aromatic carbocycles. The van der Waals surface area contributed by atoms with Crippen molar-refractivity contribution in [3.05, 3.63) is 106 Å². The van der Waals surface area contributed by atoms with E-state index < -0.39 is 0 Å². The molecule has 7 nitrogen and oxygen atoms in total. The summed E-state index contributed by atoms with van der Waals surface area (Å²) in [5, 5.41) is 7.77. The molecule has 0 spiro atoms. The zero-order valence-corrected chi connectivity index (χ0v) is 22.4. The van der Waals surface area contributed by atoms with E-state index >= 15 is 0 Å². The van der Waals surface area contributed by atoms with Crippen molar-refractivity contribution >= 4 is 39.6 Å². The van der Waals surface area contributed by atoms with Crippen LogP contribution in [0.25, 0.3) is 27.8 Å². The Labute approximate surface area is 233 Å². The standard InChI is InChI=1S/C30H20Cl2N4O3/c1-37-23-12-8-17(13-24(23)38-2)25-21-10-7-16-5-3-4-6-19(16)27(21)39-30-26(25)29-34-28(35-36(29)15-33-30)20-11-9-18(31)14-22(20)32/h3-15,25H,1-2H3. The van der Waals surface area contributed by atoms with Crippen molar-refractivity contribution < 1.29 is 14.2 Å². The van der Waals surface area contributed by atoms with Crippen LogP contribution < -0.4 is 14.2 Å². The van der Waals surface area contributed by atoms with Crippen LogP contribution in [0.3, 0.4) is 0 Å². The number of methoxy groups -OCH3 is 2. The lowest BCUT2D eigenvalue weighted by Gasteiger charge is -2.29. The van der Waals surface area contributed by atoms with E-state index in [1.54, 1.807) is 37.2 Å². The van der Waals surface area contributed by atoms with E-state index in [0.717, 1.165) is 33.2 Å². The predicted octanol–water partition coefficient (Wildman–Crippen LogP) is 7.55. The van der Waals surface area contributed by atoms with Gasteiger partial charge in [0.1, 0.15) is 12.1 Å². The molecule has 0 radical (unpaired) electrons. The van der Waals surface area contributed by atoms with E-state index in [1.165, 1.54) is 0 Å². The number of rotatable bonds is 4. The maximum atomic E-state index is 6.51. The Hall–Kier alpha value is -4.33. The molecular formula is C30H20Cl2N4O3. The third-order valence-electron chi connectivity index (χ3n) is 7.01. The number of ether oxygens (including phenoxy) is 3. The van der Waals surface area contributed by atoms with Crippen LogP contribution in [0.5, 0.6) is 23.1 Å². The molecule has 1 aliphatic heterocycles. The summed E-state index contributed by atoms with van der Waals surface area (Å²) >= 11 is 12.6. The van der Waals surface area contributed by atoms with Gasteiger partial charge in [-0.05, 0) is 41.3 Å². The van der Waals surface area contributed by atoms with Crippen LogP contribution in [0, 0.1) is 0 Å². The molecule has 0 saturated carbocycles. The van der Waals surface area contributed by atoms with Gasteiger partial charge in [0, 0.05) is 27.5 Å². The van der Waals surface area contributed by atoms with Crippen LogP contribution >= 0.6 is 23.2 Å². The highest BCUT2D eigenvalue weighted by molar-refractivity contribution is 6.36. The average Bonchev–Trinajstić information content (AvgIpc) is 3.40. The van der Waals surface area contributed by atoms with Crippen molar-refractivity contribution in [1.82, 2.24) is 19.6 Å². The number of halogens is 2. The molecule has 1 unspecified atom stereocenters. The fraction of sp³-hybridized carbons (Fsp3) is 0.100. The minimum Gasteiger partial charge on any atom is -0.493 e. The smallest absolute Gasteiger partial charge is 0.228 e. The maximum Gasteiger partial charge on any atom is 0.228 e. The molecule has 2 aromatic heterocycles. The Morgan fingerprint density at radius 3 is 2.56 bits per heavy atom. The van der Waals surface area contributed by atoms with Gasteiger partial charge in [0.2, 0.25) is 5.88 Å². The zero-order chi connectivity index (χ0) is 26.7. The number of nitrogens with zero attached hydrogens (tertiary/aromatic N) is 4. The molecule has 0 fully saturated rings. The summed E-state index contributed by atoms with van der Waals surface area (Å²) in [7, 11) is 3.25. The fourth-order valence-electron chi connectivity index (χ4n) is 5.21. The van der Waals surface area contributed by atoms with E-state index in [2.05, 4.69) is 29.2 Å². The Bertz CT molecular complexity index is 1920.